The first kappa shape index (κ1) is 8.96. The lowest BCUT2D eigenvalue weighted by molar-refractivity contribution is 0.202. The van der Waals surface area contributed by atoms with Crippen LogP contribution in [-0.4, -0.2) is 5.54 Å². The number of hydrogen-bond donors (Lipinski definition) is 1. The zero-order chi connectivity index (χ0) is 7.71. The van der Waals surface area contributed by atoms with Crippen LogP contribution < -0.4 is 5.73 Å². The Morgan fingerprint density at radius 2 is 1.44 bits per heavy atom. The van der Waals surface area contributed by atoms with E-state index in [1.54, 1.807) is 0 Å². The van der Waals surface area contributed by atoms with Crippen LogP contribution in [0, 0.1) is 5.41 Å². The zero-order valence-electron chi connectivity index (χ0n) is 7.28. The molecule has 0 bridgehead atoms. The van der Waals surface area contributed by atoms with Gasteiger partial charge in [-0.15, -0.1) is 0 Å². The molecule has 0 aliphatic heterocycles. The summed E-state index contributed by atoms with van der Waals surface area (Å²) in [4.78, 5) is 0. The normalized spacial score (nSPS) is 19.3. The quantitative estimate of drug-likeness (QED) is 0.577. The highest BCUT2D eigenvalue weighted by Crippen LogP contribution is 2.29. The molecule has 0 rings (SSSR count). The minimum absolute atomic E-state index is 0.0208. The highest BCUT2D eigenvalue weighted by Gasteiger charge is 2.30. The SMILES string of the molecule is CC[C@@](C)(N)C(C)(C)C. The predicted octanol–water partition coefficient (Wildman–Crippen LogP) is 2.16. The Balaban J connectivity index is 4.14. The van der Waals surface area contributed by atoms with Gasteiger partial charge in [-0.2, -0.15) is 0 Å². The molecule has 0 aliphatic carbocycles. The fraction of sp³-hybridized carbons (Fsp3) is 1.00. The molecule has 0 radical (unpaired) electrons. The van der Waals surface area contributed by atoms with Crippen LogP contribution in [0.1, 0.15) is 41.0 Å². The van der Waals surface area contributed by atoms with Gasteiger partial charge in [-0.1, -0.05) is 27.7 Å². The molecular formula is C8H19N. The summed E-state index contributed by atoms with van der Waals surface area (Å²) in [5, 5.41) is 0. The molecule has 0 aromatic rings. The third-order valence-corrected chi connectivity index (χ3v) is 2.45. The molecule has 0 spiro atoms. The Morgan fingerprint density at radius 3 is 1.44 bits per heavy atom. The smallest absolute Gasteiger partial charge is 0.0172 e. The molecule has 1 atom stereocenters. The summed E-state index contributed by atoms with van der Waals surface area (Å²) in [7, 11) is 0. The minimum Gasteiger partial charge on any atom is -0.325 e. The summed E-state index contributed by atoms with van der Waals surface area (Å²) < 4.78 is 0. The average molecular weight is 129 g/mol. The summed E-state index contributed by atoms with van der Waals surface area (Å²) in [5.74, 6) is 0. The van der Waals surface area contributed by atoms with Crippen molar-refractivity contribution < 1.29 is 0 Å². The highest BCUT2D eigenvalue weighted by molar-refractivity contribution is 4.89. The number of rotatable bonds is 1. The van der Waals surface area contributed by atoms with E-state index in [0.717, 1.165) is 6.42 Å². The van der Waals surface area contributed by atoms with Crippen LogP contribution in [0.4, 0.5) is 0 Å². The van der Waals surface area contributed by atoms with Crippen molar-refractivity contribution in [1.29, 1.82) is 0 Å². The van der Waals surface area contributed by atoms with Gasteiger partial charge >= 0.3 is 0 Å². The summed E-state index contributed by atoms with van der Waals surface area (Å²) in [6.07, 6.45) is 1.04. The van der Waals surface area contributed by atoms with Crippen molar-refractivity contribution in [2.24, 2.45) is 11.1 Å². The van der Waals surface area contributed by atoms with Crippen molar-refractivity contribution in [2.75, 3.05) is 0 Å². The van der Waals surface area contributed by atoms with Crippen molar-refractivity contribution >= 4 is 0 Å². The van der Waals surface area contributed by atoms with Crippen molar-refractivity contribution in [3.63, 3.8) is 0 Å². The van der Waals surface area contributed by atoms with Crippen LogP contribution in [0.15, 0.2) is 0 Å². The lowest BCUT2D eigenvalue weighted by atomic mass is 9.74. The topological polar surface area (TPSA) is 26.0 Å². The molecule has 0 heterocycles. The van der Waals surface area contributed by atoms with Gasteiger partial charge in [0.25, 0.3) is 0 Å². The molecule has 2 N–H and O–H groups in total. The molecule has 56 valence electrons. The first-order valence-corrected chi connectivity index (χ1v) is 3.60. The summed E-state index contributed by atoms with van der Waals surface area (Å²) in [6.45, 7) is 10.8. The Hall–Kier alpha value is -0.0400. The van der Waals surface area contributed by atoms with E-state index in [-0.39, 0.29) is 11.0 Å². The lowest BCUT2D eigenvalue weighted by Gasteiger charge is -2.37. The molecule has 0 unspecified atom stereocenters. The van der Waals surface area contributed by atoms with E-state index >= 15 is 0 Å². The molecular weight excluding hydrogens is 110 g/mol. The van der Waals surface area contributed by atoms with Crippen LogP contribution in [0.25, 0.3) is 0 Å². The van der Waals surface area contributed by atoms with Gasteiger partial charge in [0.15, 0.2) is 0 Å². The summed E-state index contributed by atoms with van der Waals surface area (Å²) in [6, 6.07) is 0. The Labute approximate surface area is 58.6 Å². The molecule has 1 heteroatoms. The molecule has 0 aromatic carbocycles. The van der Waals surface area contributed by atoms with Crippen LogP contribution in [0.2, 0.25) is 0 Å². The molecule has 0 aliphatic rings. The summed E-state index contributed by atoms with van der Waals surface area (Å²) >= 11 is 0. The predicted molar refractivity (Wildman–Crippen MR) is 42.3 cm³/mol. The van der Waals surface area contributed by atoms with Crippen LogP contribution in [0.5, 0.6) is 0 Å². The van der Waals surface area contributed by atoms with Gasteiger partial charge in [0.1, 0.15) is 0 Å². The van der Waals surface area contributed by atoms with E-state index < -0.39 is 0 Å². The van der Waals surface area contributed by atoms with Crippen molar-refractivity contribution in [3.8, 4) is 0 Å². The zero-order valence-corrected chi connectivity index (χ0v) is 7.28. The van der Waals surface area contributed by atoms with Gasteiger partial charge in [0, 0.05) is 5.54 Å². The first-order chi connectivity index (χ1) is 3.81. The average Bonchev–Trinajstić information content (AvgIpc) is 1.64. The molecule has 0 saturated carbocycles. The standard InChI is InChI=1S/C8H19N/c1-6-8(5,9)7(2,3)4/h6,9H2,1-5H3/t8-/m1/s1. The fourth-order valence-electron chi connectivity index (χ4n) is 0.530. The fourth-order valence-corrected chi connectivity index (χ4v) is 0.530. The highest BCUT2D eigenvalue weighted by atomic mass is 14.8. The number of hydrogen-bond acceptors (Lipinski definition) is 1. The Bertz CT molecular complexity index is 87.2. The van der Waals surface area contributed by atoms with Gasteiger partial charge in [-0.25, -0.2) is 0 Å². The van der Waals surface area contributed by atoms with Crippen LogP contribution in [0.3, 0.4) is 0 Å². The van der Waals surface area contributed by atoms with Crippen molar-refractivity contribution in [1.82, 2.24) is 0 Å². The first-order valence-electron chi connectivity index (χ1n) is 3.60. The van der Waals surface area contributed by atoms with E-state index in [4.69, 9.17) is 5.73 Å². The van der Waals surface area contributed by atoms with Crippen molar-refractivity contribution in [2.45, 2.75) is 46.6 Å². The Morgan fingerprint density at radius 1 is 1.11 bits per heavy atom. The van der Waals surface area contributed by atoms with Gasteiger partial charge in [0.2, 0.25) is 0 Å². The second kappa shape index (κ2) is 2.30. The van der Waals surface area contributed by atoms with E-state index in [1.807, 2.05) is 0 Å². The minimum atomic E-state index is -0.0208. The van der Waals surface area contributed by atoms with E-state index in [1.165, 1.54) is 0 Å². The van der Waals surface area contributed by atoms with Crippen LogP contribution >= 0.6 is 0 Å². The molecule has 0 saturated heterocycles. The van der Waals surface area contributed by atoms with E-state index in [0.29, 0.717) is 0 Å². The maximum absolute atomic E-state index is 5.99. The maximum atomic E-state index is 5.99. The van der Waals surface area contributed by atoms with E-state index in [9.17, 15) is 0 Å². The van der Waals surface area contributed by atoms with Gasteiger partial charge < -0.3 is 5.73 Å². The second-order valence-corrected chi connectivity index (χ2v) is 4.02. The monoisotopic (exact) mass is 129 g/mol. The molecule has 0 fully saturated rings. The lowest BCUT2D eigenvalue weighted by Crippen LogP contribution is -2.47. The molecule has 0 amide bonds. The second-order valence-electron chi connectivity index (χ2n) is 4.02. The Kier molecular flexibility index (Phi) is 2.29. The molecule has 0 aromatic heterocycles. The molecule has 1 nitrogen and oxygen atoms in total. The number of nitrogens with two attached hydrogens (primary N) is 1. The molecule has 9 heavy (non-hydrogen) atoms. The third-order valence-electron chi connectivity index (χ3n) is 2.45. The maximum Gasteiger partial charge on any atom is 0.0172 e. The summed E-state index contributed by atoms with van der Waals surface area (Å²) in [5.41, 5.74) is 6.20. The van der Waals surface area contributed by atoms with Crippen molar-refractivity contribution in [3.05, 3.63) is 0 Å². The van der Waals surface area contributed by atoms with E-state index in [2.05, 4.69) is 34.6 Å². The van der Waals surface area contributed by atoms with Gasteiger partial charge in [-0.3, -0.25) is 0 Å². The van der Waals surface area contributed by atoms with Crippen LogP contribution in [-0.2, 0) is 0 Å². The van der Waals surface area contributed by atoms with Gasteiger partial charge in [-0.05, 0) is 18.8 Å². The largest absolute Gasteiger partial charge is 0.325 e. The third kappa shape index (κ3) is 1.98. The van der Waals surface area contributed by atoms with Gasteiger partial charge in [0.05, 0.1) is 0 Å².